The van der Waals surface area contributed by atoms with Crippen molar-refractivity contribution in [3.05, 3.63) is 77.6 Å². The van der Waals surface area contributed by atoms with Gasteiger partial charge in [0, 0.05) is 23.9 Å². The number of nitrogens with zero attached hydrogens (tertiary/aromatic N) is 2. The summed E-state index contributed by atoms with van der Waals surface area (Å²) in [7, 11) is 1.67. The van der Waals surface area contributed by atoms with E-state index in [0.717, 1.165) is 11.1 Å². The Morgan fingerprint density at radius 2 is 1.76 bits per heavy atom. The van der Waals surface area contributed by atoms with Crippen LogP contribution in [0, 0.1) is 5.82 Å². The number of carbonyl (C=O) groups excluding carboxylic acids is 2. The Balaban J connectivity index is 1.73. The van der Waals surface area contributed by atoms with Crippen molar-refractivity contribution < 1.29 is 14.0 Å². The summed E-state index contributed by atoms with van der Waals surface area (Å²) in [6.07, 6.45) is 0. The fourth-order valence-corrected chi connectivity index (χ4v) is 2.93. The highest BCUT2D eigenvalue weighted by atomic mass is 19.1. The van der Waals surface area contributed by atoms with Gasteiger partial charge in [-0.1, -0.05) is 36.9 Å². The molecule has 2 amide bonds. The summed E-state index contributed by atoms with van der Waals surface area (Å²) in [4.78, 5) is 28.1. The minimum absolute atomic E-state index is 0.0750. The first kappa shape index (κ1) is 16.9. The molecule has 25 heavy (non-hydrogen) atoms. The Morgan fingerprint density at radius 1 is 1.16 bits per heavy atom. The molecule has 0 bridgehead atoms. The Labute approximate surface area is 146 Å². The molecular weight excluding hydrogens is 319 g/mol. The Kier molecular flexibility index (Phi) is 4.40. The number of rotatable bonds is 4. The zero-order chi connectivity index (χ0) is 18.1. The van der Waals surface area contributed by atoms with E-state index in [1.54, 1.807) is 36.2 Å². The zero-order valence-electron chi connectivity index (χ0n) is 14.2. The molecule has 5 heteroatoms. The summed E-state index contributed by atoms with van der Waals surface area (Å²) in [5.74, 6) is -0.738. The molecule has 0 aromatic heterocycles. The number of fused-ring (bicyclic) bond motifs is 1. The summed E-state index contributed by atoms with van der Waals surface area (Å²) in [6, 6.07) is 13.0. The topological polar surface area (TPSA) is 40.6 Å². The van der Waals surface area contributed by atoms with Crippen molar-refractivity contribution in [2.24, 2.45) is 0 Å². The number of amides is 2. The number of carbonyl (C=O) groups is 2. The number of halogens is 1. The van der Waals surface area contributed by atoms with Crippen LogP contribution in [0.4, 0.5) is 4.39 Å². The van der Waals surface area contributed by atoms with Crippen LogP contribution in [0.5, 0.6) is 0 Å². The standard InChI is InChI=1S/C20H19FN2O2/c1-13(15-8-10-16(21)11-9-15)22(3)19(24)12-23-14(2)17-6-4-5-7-18(17)20(23)25/h4-11,13H,2,12H2,1,3H3. The van der Waals surface area contributed by atoms with Gasteiger partial charge in [-0.2, -0.15) is 0 Å². The summed E-state index contributed by atoms with van der Waals surface area (Å²) >= 11 is 0. The molecule has 0 fully saturated rings. The quantitative estimate of drug-likeness (QED) is 0.856. The van der Waals surface area contributed by atoms with E-state index < -0.39 is 0 Å². The van der Waals surface area contributed by atoms with Gasteiger partial charge in [-0.3, -0.25) is 14.5 Å². The summed E-state index contributed by atoms with van der Waals surface area (Å²) in [5, 5.41) is 0. The van der Waals surface area contributed by atoms with Crippen molar-refractivity contribution >= 4 is 17.5 Å². The Hall–Kier alpha value is -2.95. The van der Waals surface area contributed by atoms with E-state index in [1.165, 1.54) is 17.0 Å². The maximum atomic E-state index is 13.1. The first-order valence-corrected chi connectivity index (χ1v) is 8.01. The second-order valence-corrected chi connectivity index (χ2v) is 6.12. The van der Waals surface area contributed by atoms with Crippen LogP contribution in [0.25, 0.3) is 5.70 Å². The number of likely N-dealkylation sites (N-methyl/N-ethyl adjacent to an activating group) is 1. The van der Waals surface area contributed by atoms with Crippen LogP contribution < -0.4 is 0 Å². The average Bonchev–Trinajstić information content (AvgIpc) is 2.86. The monoisotopic (exact) mass is 338 g/mol. The van der Waals surface area contributed by atoms with Crippen LogP contribution in [0.15, 0.2) is 55.1 Å². The molecule has 2 aromatic carbocycles. The van der Waals surface area contributed by atoms with Crippen molar-refractivity contribution in [2.75, 3.05) is 13.6 Å². The SMILES string of the molecule is C=C1c2ccccc2C(=O)N1CC(=O)N(C)C(C)c1ccc(F)cc1. The number of hydrogen-bond acceptors (Lipinski definition) is 2. The third-order valence-corrected chi connectivity index (χ3v) is 4.66. The minimum Gasteiger partial charge on any atom is -0.337 e. The fraction of sp³-hybridized carbons (Fsp3) is 0.200. The van der Waals surface area contributed by atoms with Crippen LogP contribution in [0.3, 0.4) is 0 Å². The summed E-state index contributed by atoms with van der Waals surface area (Å²) < 4.78 is 13.1. The molecule has 1 unspecified atom stereocenters. The molecule has 0 spiro atoms. The second-order valence-electron chi connectivity index (χ2n) is 6.12. The molecule has 3 rings (SSSR count). The third kappa shape index (κ3) is 3.05. The Morgan fingerprint density at radius 3 is 2.36 bits per heavy atom. The van der Waals surface area contributed by atoms with Gasteiger partial charge in [-0.15, -0.1) is 0 Å². The molecule has 0 saturated heterocycles. The largest absolute Gasteiger partial charge is 0.337 e. The molecule has 0 saturated carbocycles. The maximum absolute atomic E-state index is 13.1. The van der Waals surface area contributed by atoms with E-state index >= 15 is 0 Å². The van der Waals surface area contributed by atoms with E-state index in [2.05, 4.69) is 6.58 Å². The first-order valence-electron chi connectivity index (χ1n) is 8.01. The lowest BCUT2D eigenvalue weighted by molar-refractivity contribution is -0.131. The maximum Gasteiger partial charge on any atom is 0.259 e. The van der Waals surface area contributed by atoms with Gasteiger partial charge >= 0.3 is 0 Å². The van der Waals surface area contributed by atoms with E-state index in [1.807, 2.05) is 19.1 Å². The predicted octanol–water partition coefficient (Wildman–Crippen LogP) is 3.47. The van der Waals surface area contributed by atoms with Crippen molar-refractivity contribution in [3.8, 4) is 0 Å². The zero-order valence-corrected chi connectivity index (χ0v) is 14.2. The molecule has 128 valence electrons. The minimum atomic E-state index is -0.318. The van der Waals surface area contributed by atoms with Crippen molar-refractivity contribution in [1.29, 1.82) is 0 Å². The van der Waals surface area contributed by atoms with Gasteiger partial charge in [0.25, 0.3) is 5.91 Å². The molecule has 1 aliphatic rings. The molecule has 2 aromatic rings. The summed E-state index contributed by atoms with van der Waals surface area (Å²) in [6.45, 7) is 5.73. The van der Waals surface area contributed by atoms with Gasteiger partial charge < -0.3 is 4.90 Å². The van der Waals surface area contributed by atoms with E-state index in [0.29, 0.717) is 11.3 Å². The van der Waals surface area contributed by atoms with Gasteiger partial charge in [0.2, 0.25) is 5.91 Å². The van der Waals surface area contributed by atoms with Gasteiger partial charge in [0.15, 0.2) is 0 Å². The van der Waals surface area contributed by atoms with Crippen molar-refractivity contribution in [3.63, 3.8) is 0 Å². The van der Waals surface area contributed by atoms with Crippen LogP contribution in [-0.2, 0) is 4.79 Å². The van der Waals surface area contributed by atoms with Crippen LogP contribution in [0.1, 0.15) is 34.5 Å². The molecule has 1 heterocycles. The third-order valence-electron chi connectivity index (χ3n) is 4.66. The van der Waals surface area contributed by atoms with Crippen molar-refractivity contribution in [2.45, 2.75) is 13.0 Å². The van der Waals surface area contributed by atoms with Gasteiger partial charge in [-0.25, -0.2) is 4.39 Å². The average molecular weight is 338 g/mol. The normalized spacial score (nSPS) is 14.4. The highest BCUT2D eigenvalue weighted by Crippen LogP contribution is 2.31. The lowest BCUT2D eigenvalue weighted by atomic mass is 10.1. The molecular formula is C20H19FN2O2. The van der Waals surface area contributed by atoms with Crippen LogP contribution in [0.2, 0.25) is 0 Å². The molecule has 0 aliphatic carbocycles. The van der Waals surface area contributed by atoms with Crippen LogP contribution in [-0.4, -0.2) is 35.2 Å². The van der Waals surface area contributed by atoms with Crippen LogP contribution >= 0.6 is 0 Å². The van der Waals surface area contributed by atoms with E-state index in [4.69, 9.17) is 0 Å². The summed E-state index contributed by atoms with van der Waals surface area (Å²) in [5.41, 5.74) is 2.69. The smallest absolute Gasteiger partial charge is 0.259 e. The predicted molar refractivity (Wildman–Crippen MR) is 94.1 cm³/mol. The van der Waals surface area contributed by atoms with E-state index in [-0.39, 0.29) is 30.2 Å². The van der Waals surface area contributed by atoms with Gasteiger partial charge in [0.1, 0.15) is 12.4 Å². The Bertz CT molecular complexity index is 810. The van der Waals surface area contributed by atoms with Gasteiger partial charge in [0.05, 0.1) is 6.04 Å². The lowest BCUT2D eigenvalue weighted by Crippen LogP contribution is -2.39. The van der Waals surface area contributed by atoms with Gasteiger partial charge in [-0.05, 0) is 30.7 Å². The molecule has 4 nitrogen and oxygen atoms in total. The first-order chi connectivity index (χ1) is 11.9. The molecule has 0 radical (unpaired) electrons. The fourth-order valence-electron chi connectivity index (χ4n) is 2.93. The number of benzene rings is 2. The number of hydrogen-bond donors (Lipinski definition) is 0. The highest BCUT2D eigenvalue weighted by molar-refractivity contribution is 6.10. The highest BCUT2D eigenvalue weighted by Gasteiger charge is 2.33. The van der Waals surface area contributed by atoms with E-state index in [9.17, 15) is 14.0 Å². The van der Waals surface area contributed by atoms with Crippen molar-refractivity contribution in [1.82, 2.24) is 9.80 Å². The lowest BCUT2D eigenvalue weighted by Gasteiger charge is -2.28. The molecule has 1 atom stereocenters. The molecule has 1 aliphatic heterocycles. The molecule has 0 N–H and O–H groups in total. The second kappa shape index (κ2) is 6.51.